The van der Waals surface area contributed by atoms with Crippen molar-refractivity contribution in [3.05, 3.63) is 59.7 Å². The fraction of sp³-hybridized carbons (Fsp3) is 0.278. The summed E-state index contributed by atoms with van der Waals surface area (Å²) in [6.45, 7) is 6.89. The van der Waals surface area contributed by atoms with E-state index in [1.807, 2.05) is 60.4 Å². The van der Waals surface area contributed by atoms with Crippen LogP contribution >= 0.6 is 0 Å². The highest BCUT2D eigenvalue weighted by molar-refractivity contribution is 6.08. The normalized spacial score (nSPS) is 16.0. The number of aryl methyl sites for hydroxylation is 1. The number of carbonyl (C=O) groups excluding carboxylic acids is 1. The second kappa shape index (κ2) is 4.92. The van der Waals surface area contributed by atoms with Crippen molar-refractivity contribution in [2.45, 2.75) is 26.3 Å². The van der Waals surface area contributed by atoms with Gasteiger partial charge in [-0.25, -0.2) is 0 Å². The Labute approximate surface area is 125 Å². The highest BCUT2D eigenvalue weighted by Gasteiger charge is 2.32. The number of nitrogens with zero attached hydrogens (tertiary/aromatic N) is 1. The Bertz CT molecular complexity index is 674. The van der Waals surface area contributed by atoms with Crippen LogP contribution in [0.2, 0.25) is 0 Å². The number of hydrogen-bond acceptors (Lipinski definition) is 2. The minimum Gasteiger partial charge on any atom is -0.377 e. The van der Waals surface area contributed by atoms with Gasteiger partial charge in [0.1, 0.15) is 0 Å². The summed E-state index contributed by atoms with van der Waals surface area (Å²) in [6.07, 6.45) is 0. The molecule has 1 amide bonds. The van der Waals surface area contributed by atoms with Crippen molar-refractivity contribution >= 4 is 17.3 Å². The summed E-state index contributed by atoms with van der Waals surface area (Å²) in [5, 5.41) is 3.49. The number of amides is 1. The molecule has 3 nitrogen and oxygen atoms in total. The molecule has 0 aliphatic carbocycles. The number of carbonyl (C=O) groups is 1. The zero-order valence-electron chi connectivity index (χ0n) is 12.7. The number of rotatable bonds is 1. The van der Waals surface area contributed by atoms with E-state index in [0.717, 1.165) is 22.5 Å². The maximum absolute atomic E-state index is 12.9. The van der Waals surface area contributed by atoms with Crippen LogP contribution in [-0.2, 0) is 0 Å². The third-order valence-electron chi connectivity index (χ3n) is 3.76. The summed E-state index contributed by atoms with van der Waals surface area (Å²) in [6, 6.07) is 15.7. The van der Waals surface area contributed by atoms with Crippen LogP contribution in [0.3, 0.4) is 0 Å². The Kier molecular flexibility index (Phi) is 3.20. The van der Waals surface area contributed by atoms with Gasteiger partial charge in [0.05, 0.1) is 11.4 Å². The molecule has 0 fully saturated rings. The van der Waals surface area contributed by atoms with Gasteiger partial charge in [0.15, 0.2) is 0 Å². The lowest BCUT2D eigenvalue weighted by Crippen LogP contribution is -2.50. The van der Waals surface area contributed by atoms with Crippen molar-refractivity contribution < 1.29 is 4.79 Å². The van der Waals surface area contributed by atoms with Gasteiger partial charge in [-0.3, -0.25) is 4.79 Å². The molecule has 3 heteroatoms. The fourth-order valence-corrected chi connectivity index (χ4v) is 2.73. The van der Waals surface area contributed by atoms with Crippen LogP contribution < -0.4 is 10.2 Å². The van der Waals surface area contributed by atoms with Gasteiger partial charge in [0.25, 0.3) is 5.91 Å². The molecule has 0 saturated heterocycles. The van der Waals surface area contributed by atoms with Crippen molar-refractivity contribution in [3.8, 4) is 0 Å². The van der Waals surface area contributed by atoms with E-state index in [2.05, 4.69) is 19.2 Å². The first-order chi connectivity index (χ1) is 9.96. The first-order valence-electron chi connectivity index (χ1n) is 7.22. The van der Waals surface area contributed by atoms with E-state index in [1.165, 1.54) is 0 Å². The first-order valence-corrected chi connectivity index (χ1v) is 7.22. The van der Waals surface area contributed by atoms with Gasteiger partial charge in [0.2, 0.25) is 0 Å². The fourth-order valence-electron chi connectivity index (χ4n) is 2.73. The predicted molar refractivity (Wildman–Crippen MR) is 87.0 cm³/mol. The van der Waals surface area contributed by atoms with Gasteiger partial charge in [-0.05, 0) is 45.0 Å². The molecule has 0 radical (unpaired) electrons. The molecule has 0 spiro atoms. The lowest BCUT2D eigenvalue weighted by atomic mass is 9.98. The van der Waals surface area contributed by atoms with Crippen molar-refractivity contribution in [2.75, 3.05) is 16.8 Å². The van der Waals surface area contributed by atoms with Gasteiger partial charge in [-0.15, -0.1) is 0 Å². The molecule has 1 N–H and O–H groups in total. The zero-order valence-corrected chi connectivity index (χ0v) is 12.7. The number of nitrogens with one attached hydrogen (secondary N) is 1. The number of fused-ring (bicyclic) bond motifs is 1. The molecular weight excluding hydrogens is 260 g/mol. The molecule has 108 valence electrons. The molecule has 0 saturated carbocycles. The molecule has 21 heavy (non-hydrogen) atoms. The molecule has 1 aliphatic rings. The topological polar surface area (TPSA) is 32.3 Å². The van der Waals surface area contributed by atoms with Crippen molar-refractivity contribution in [2.24, 2.45) is 0 Å². The van der Waals surface area contributed by atoms with Crippen LogP contribution in [0.15, 0.2) is 48.5 Å². The Balaban J connectivity index is 2.01. The van der Waals surface area contributed by atoms with E-state index < -0.39 is 0 Å². The largest absolute Gasteiger partial charge is 0.377 e. The van der Waals surface area contributed by atoms with E-state index in [-0.39, 0.29) is 11.4 Å². The zero-order chi connectivity index (χ0) is 15.0. The van der Waals surface area contributed by atoms with E-state index in [0.29, 0.717) is 6.54 Å². The summed E-state index contributed by atoms with van der Waals surface area (Å²) >= 11 is 0. The lowest BCUT2D eigenvalue weighted by molar-refractivity contribution is 0.0981. The monoisotopic (exact) mass is 280 g/mol. The third-order valence-corrected chi connectivity index (χ3v) is 3.76. The maximum Gasteiger partial charge on any atom is 0.258 e. The molecule has 0 atom stereocenters. The number of para-hydroxylation sites is 2. The summed E-state index contributed by atoms with van der Waals surface area (Å²) in [7, 11) is 0. The SMILES string of the molecule is Cc1ccc(C(=O)N2CC(C)(C)Nc3ccccc32)cc1. The summed E-state index contributed by atoms with van der Waals surface area (Å²) in [4.78, 5) is 14.7. The van der Waals surface area contributed by atoms with E-state index in [1.54, 1.807) is 0 Å². The number of benzene rings is 2. The van der Waals surface area contributed by atoms with Gasteiger partial charge in [0, 0.05) is 17.6 Å². The summed E-state index contributed by atoms with van der Waals surface area (Å²) in [5.74, 6) is 0.0528. The highest BCUT2D eigenvalue weighted by Crippen LogP contribution is 2.35. The molecule has 1 aliphatic heterocycles. The average Bonchev–Trinajstić information content (AvgIpc) is 2.45. The molecule has 3 rings (SSSR count). The average molecular weight is 280 g/mol. The maximum atomic E-state index is 12.9. The Morgan fingerprint density at radius 3 is 2.48 bits per heavy atom. The molecule has 0 aromatic heterocycles. The van der Waals surface area contributed by atoms with Crippen LogP contribution in [0, 0.1) is 6.92 Å². The summed E-state index contributed by atoms with van der Waals surface area (Å²) < 4.78 is 0. The standard InChI is InChI=1S/C18H20N2O/c1-13-8-10-14(11-9-13)17(21)20-12-18(2,3)19-15-6-4-5-7-16(15)20/h4-11,19H,12H2,1-3H3. The molecule has 0 unspecified atom stereocenters. The van der Waals surface area contributed by atoms with Crippen LogP contribution in [0.25, 0.3) is 0 Å². The molecule has 2 aromatic rings. The van der Waals surface area contributed by atoms with E-state index >= 15 is 0 Å². The predicted octanol–water partition coefficient (Wildman–Crippen LogP) is 3.85. The van der Waals surface area contributed by atoms with Crippen LogP contribution in [-0.4, -0.2) is 18.0 Å². The van der Waals surface area contributed by atoms with Crippen molar-refractivity contribution in [1.29, 1.82) is 0 Å². The smallest absolute Gasteiger partial charge is 0.258 e. The number of hydrogen-bond donors (Lipinski definition) is 1. The lowest BCUT2D eigenvalue weighted by Gasteiger charge is -2.40. The number of anilines is 2. The highest BCUT2D eigenvalue weighted by atomic mass is 16.2. The third kappa shape index (κ3) is 2.64. The van der Waals surface area contributed by atoms with Crippen molar-refractivity contribution in [1.82, 2.24) is 0 Å². The van der Waals surface area contributed by atoms with E-state index in [9.17, 15) is 4.79 Å². The Morgan fingerprint density at radius 2 is 1.76 bits per heavy atom. The minimum absolute atomic E-state index is 0.0528. The van der Waals surface area contributed by atoms with Gasteiger partial charge in [-0.2, -0.15) is 0 Å². The molecule has 2 aromatic carbocycles. The second-order valence-corrected chi connectivity index (χ2v) is 6.28. The minimum atomic E-state index is -0.144. The van der Waals surface area contributed by atoms with Gasteiger partial charge in [-0.1, -0.05) is 29.8 Å². The van der Waals surface area contributed by atoms with Crippen LogP contribution in [0.5, 0.6) is 0 Å². The van der Waals surface area contributed by atoms with Crippen LogP contribution in [0.1, 0.15) is 29.8 Å². The first kappa shape index (κ1) is 13.7. The molecular formula is C18H20N2O. The van der Waals surface area contributed by atoms with E-state index in [4.69, 9.17) is 0 Å². The summed E-state index contributed by atoms with van der Waals surface area (Å²) in [5.41, 5.74) is 3.70. The van der Waals surface area contributed by atoms with Crippen LogP contribution in [0.4, 0.5) is 11.4 Å². The quantitative estimate of drug-likeness (QED) is 0.860. The Morgan fingerprint density at radius 1 is 1.10 bits per heavy atom. The molecule has 1 heterocycles. The van der Waals surface area contributed by atoms with Gasteiger partial charge < -0.3 is 10.2 Å². The van der Waals surface area contributed by atoms with Crippen molar-refractivity contribution in [3.63, 3.8) is 0 Å². The second-order valence-electron chi connectivity index (χ2n) is 6.28. The Hall–Kier alpha value is -2.29. The van der Waals surface area contributed by atoms with Gasteiger partial charge >= 0.3 is 0 Å². The molecule has 0 bridgehead atoms.